The second-order valence-corrected chi connectivity index (χ2v) is 9.20. The van der Waals surface area contributed by atoms with Crippen LogP contribution in [-0.4, -0.2) is 39.5 Å². The first-order valence-corrected chi connectivity index (χ1v) is 11.5. The number of benzene rings is 3. The molecule has 0 atom stereocenters. The highest BCUT2D eigenvalue weighted by Gasteiger charge is 2.28. The van der Waals surface area contributed by atoms with Crippen LogP contribution >= 0.6 is 0 Å². The average molecular weight is 454 g/mol. The Bertz CT molecular complexity index is 1220. The topological polar surface area (TPSA) is 82.1 Å². The van der Waals surface area contributed by atoms with E-state index >= 15 is 0 Å². The van der Waals surface area contributed by atoms with Gasteiger partial charge in [-0.15, -0.1) is 0 Å². The van der Waals surface area contributed by atoms with Crippen molar-refractivity contribution in [3.8, 4) is 17.2 Å². The molecule has 0 aromatic heterocycles. The average Bonchev–Trinajstić information content (AvgIpc) is 2.83. The summed E-state index contributed by atoms with van der Waals surface area (Å²) in [7, 11) is -0.760. The molecule has 3 aromatic rings. The Hall–Kier alpha value is -3.36. The molecule has 0 N–H and O–H groups in total. The molecule has 0 fully saturated rings. The molecule has 166 valence electrons. The molecule has 0 spiro atoms. The first kappa shape index (κ1) is 21.9. The first-order valence-electron chi connectivity index (χ1n) is 10.0. The number of hydrogen-bond donors (Lipinski definition) is 0. The lowest BCUT2D eigenvalue weighted by atomic mass is 10.0. The molecule has 0 saturated carbocycles. The van der Waals surface area contributed by atoms with Gasteiger partial charge in [0.1, 0.15) is 0 Å². The molecule has 1 heterocycles. The van der Waals surface area contributed by atoms with E-state index in [-0.39, 0.29) is 16.2 Å². The second kappa shape index (κ2) is 9.02. The standard InChI is InChI=1S/C24H23NO6S/c1-29-21-8-5-9-22(30-2)23(21)31-24(26)18-10-12-20(13-11-18)32(27,28)25-15-14-17-6-3-4-7-19(17)16-25/h3-13H,14-16H2,1-2H3. The summed E-state index contributed by atoms with van der Waals surface area (Å²) in [6.45, 7) is 0.743. The van der Waals surface area contributed by atoms with E-state index in [4.69, 9.17) is 14.2 Å². The minimum Gasteiger partial charge on any atom is -0.493 e. The number of carbonyl (C=O) groups excluding carboxylic acids is 1. The van der Waals surface area contributed by atoms with Crippen LogP contribution in [0.1, 0.15) is 21.5 Å². The Labute approximate surface area is 187 Å². The summed E-state index contributed by atoms with van der Waals surface area (Å²) in [4.78, 5) is 12.8. The van der Waals surface area contributed by atoms with E-state index in [1.165, 1.54) is 48.4 Å². The molecule has 0 unspecified atom stereocenters. The van der Waals surface area contributed by atoms with Crippen molar-refractivity contribution in [3.63, 3.8) is 0 Å². The molecular formula is C24H23NO6S. The van der Waals surface area contributed by atoms with Crippen molar-refractivity contribution < 1.29 is 27.4 Å². The third kappa shape index (κ3) is 4.19. The number of hydrogen-bond acceptors (Lipinski definition) is 6. The van der Waals surface area contributed by atoms with E-state index < -0.39 is 16.0 Å². The minimum absolute atomic E-state index is 0.128. The molecule has 32 heavy (non-hydrogen) atoms. The van der Waals surface area contributed by atoms with E-state index in [2.05, 4.69) is 0 Å². The summed E-state index contributed by atoms with van der Waals surface area (Å²) < 4.78 is 43.6. The zero-order valence-electron chi connectivity index (χ0n) is 17.8. The summed E-state index contributed by atoms with van der Waals surface area (Å²) in [5.41, 5.74) is 2.39. The Morgan fingerprint density at radius 1 is 0.844 bits per heavy atom. The van der Waals surface area contributed by atoms with Crippen molar-refractivity contribution in [1.82, 2.24) is 4.31 Å². The van der Waals surface area contributed by atoms with E-state index in [9.17, 15) is 13.2 Å². The monoisotopic (exact) mass is 453 g/mol. The highest BCUT2D eigenvalue weighted by Crippen LogP contribution is 2.37. The number of para-hydroxylation sites is 1. The predicted molar refractivity (Wildman–Crippen MR) is 119 cm³/mol. The van der Waals surface area contributed by atoms with Gasteiger partial charge in [-0.2, -0.15) is 4.31 Å². The van der Waals surface area contributed by atoms with Crippen LogP contribution in [0.5, 0.6) is 17.2 Å². The van der Waals surface area contributed by atoms with Gasteiger partial charge >= 0.3 is 5.97 Å². The van der Waals surface area contributed by atoms with Gasteiger partial charge in [0, 0.05) is 13.1 Å². The van der Waals surface area contributed by atoms with Gasteiger partial charge in [0.05, 0.1) is 24.7 Å². The highest BCUT2D eigenvalue weighted by molar-refractivity contribution is 7.89. The number of methoxy groups -OCH3 is 2. The van der Waals surface area contributed by atoms with Gasteiger partial charge in [0.25, 0.3) is 0 Å². The normalized spacial score (nSPS) is 13.8. The molecule has 0 amide bonds. The maximum absolute atomic E-state index is 13.1. The maximum Gasteiger partial charge on any atom is 0.343 e. The number of nitrogens with zero attached hydrogens (tertiary/aromatic N) is 1. The Morgan fingerprint density at radius 3 is 2.09 bits per heavy atom. The molecule has 0 radical (unpaired) electrons. The van der Waals surface area contributed by atoms with E-state index in [0.717, 1.165) is 5.56 Å². The number of ether oxygens (including phenoxy) is 3. The molecule has 0 saturated heterocycles. The third-order valence-corrected chi connectivity index (χ3v) is 7.26. The molecule has 0 bridgehead atoms. The lowest BCUT2D eigenvalue weighted by molar-refractivity contribution is 0.0724. The molecule has 0 aliphatic carbocycles. The molecule has 7 nitrogen and oxygen atoms in total. The van der Waals surface area contributed by atoms with Crippen LogP contribution in [0.25, 0.3) is 0 Å². The van der Waals surface area contributed by atoms with Crippen molar-refractivity contribution in [2.24, 2.45) is 0 Å². The van der Waals surface area contributed by atoms with Gasteiger partial charge in [0.2, 0.25) is 15.8 Å². The van der Waals surface area contributed by atoms with Crippen LogP contribution < -0.4 is 14.2 Å². The van der Waals surface area contributed by atoms with Crippen LogP contribution in [0.15, 0.2) is 71.6 Å². The van der Waals surface area contributed by atoms with Crippen LogP contribution in [0, 0.1) is 0 Å². The van der Waals surface area contributed by atoms with E-state index in [0.29, 0.717) is 31.0 Å². The molecular weight excluding hydrogens is 430 g/mol. The van der Waals surface area contributed by atoms with Crippen molar-refractivity contribution in [3.05, 3.63) is 83.4 Å². The van der Waals surface area contributed by atoms with Crippen molar-refractivity contribution in [2.75, 3.05) is 20.8 Å². The summed E-state index contributed by atoms with van der Waals surface area (Å²) in [6.07, 6.45) is 0.667. The zero-order valence-corrected chi connectivity index (χ0v) is 18.6. The van der Waals surface area contributed by atoms with Crippen LogP contribution in [0.4, 0.5) is 0 Å². The van der Waals surface area contributed by atoms with Crippen molar-refractivity contribution in [2.45, 2.75) is 17.9 Å². The summed E-state index contributed by atoms with van der Waals surface area (Å²) in [6, 6.07) is 18.6. The molecule has 8 heteroatoms. The summed E-state index contributed by atoms with van der Waals surface area (Å²) >= 11 is 0. The molecule has 4 rings (SSSR count). The van der Waals surface area contributed by atoms with E-state index in [1.807, 2.05) is 24.3 Å². The quantitative estimate of drug-likeness (QED) is 0.418. The second-order valence-electron chi connectivity index (χ2n) is 7.26. The van der Waals surface area contributed by atoms with Gasteiger partial charge < -0.3 is 14.2 Å². The number of esters is 1. The smallest absolute Gasteiger partial charge is 0.343 e. The minimum atomic E-state index is -3.69. The van der Waals surface area contributed by atoms with E-state index in [1.54, 1.807) is 18.2 Å². The lowest BCUT2D eigenvalue weighted by Crippen LogP contribution is -2.35. The van der Waals surface area contributed by atoms with Crippen molar-refractivity contribution >= 4 is 16.0 Å². The van der Waals surface area contributed by atoms with Crippen LogP contribution in [0.3, 0.4) is 0 Å². The summed E-state index contributed by atoms with van der Waals surface area (Å²) in [5, 5.41) is 0. The SMILES string of the molecule is COc1cccc(OC)c1OC(=O)c1ccc(S(=O)(=O)N2CCc3ccccc3C2)cc1. The maximum atomic E-state index is 13.1. The fraction of sp³-hybridized carbons (Fsp3) is 0.208. The first-order chi connectivity index (χ1) is 15.4. The van der Waals surface area contributed by atoms with Gasteiger partial charge in [-0.25, -0.2) is 13.2 Å². The molecule has 3 aromatic carbocycles. The Balaban J connectivity index is 1.53. The fourth-order valence-corrected chi connectivity index (χ4v) is 5.08. The van der Waals surface area contributed by atoms with Crippen molar-refractivity contribution in [1.29, 1.82) is 0 Å². The molecule has 1 aliphatic heterocycles. The number of fused-ring (bicyclic) bond motifs is 1. The number of sulfonamides is 1. The lowest BCUT2D eigenvalue weighted by Gasteiger charge is -2.28. The number of carbonyl (C=O) groups is 1. The van der Waals surface area contributed by atoms with Gasteiger partial charge in [-0.1, -0.05) is 30.3 Å². The van der Waals surface area contributed by atoms with Crippen LogP contribution in [-0.2, 0) is 23.0 Å². The zero-order chi connectivity index (χ0) is 22.7. The predicted octanol–water partition coefficient (Wildman–Crippen LogP) is 3.67. The fourth-order valence-electron chi connectivity index (χ4n) is 3.66. The van der Waals surface area contributed by atoms with Crippen LogP contribution in [0.2, 0.25) is 0 Å². The van der Waals surface area contributed by atoms with Gasteiger partial charge in [-0.3, -0.25) is 0 Å². The van der Waals surface area contributed by atoms with Gasteiger partial charge in [-0.05, 0) is 53.9 Å². The largest absolute Gasteiger partial charge is 0.493 e. The number of rotatable bonds is 6. The molecule has 1 aliphatic rings. The third-order valence-electron chi connectivity index (χ3n) is 5.40. The highest BCUT2D eigenvalue weighted by atomic mass is 32.2. The Kier molecular flexibility index (Phi) is 6.16. The summed E-state index contributed by atoms with van der Waals surface area (Å²) in [5.74, 6) is 0.208. The van der Waals surface area contributed by atoms with Gasteiger partial charge in [0.15, 0.2) is 11.5 Å². The Morgan fingerprint density at radius 2 is 1.47 bits per heavy atom.